The molecule has 0 radical (unpaired) electrons. The van der Waals surface area contributed by atoms with E-state index in [2.05, 4.69) is 32.1 Å². The molecule has 0 unspecified atom stereocenters. The minimum Gasteiger partial charge on any atom is -0.369 e. The molecule has 0 amide bonds. The van der Waals surface area contributed by atoms with Crippen LogP contribution in [-0.2, 0) is 19.6 Å². The number of hydrogen-bond donors (Lipinski definition) is 2. The maximum absolute atomic E-state index is 13.9. The monoisotopic (exact) mass is 560 g/mol. The third-order valence-corrected chi connectivity index (χ3v) is 9.26. The SMILES string of the molecule is Cc1ccc(C2C3=C(CC(C)(C)CC3=O)N(c3ccc(S(=O)(=O)N=C(N)N)cc3)C3=C2C(=O)CC(C)(C)C3)cc1. The topological polar surface area (TPSA) is 136 Å². The highest BCUT2D eigenvalue weighted by Crippen LogP contribution is 2.55. The summed E-state index contributed by atoms with van der Waals surface area (Å²) >= 11 is 0. The Morgan fingerprint density at radius 3 is 1.73 bits per heavy atom. The van der Waals surface area contributed by atoms with Crippen molar-refractivity contribution in [2.45, 2.75) is 71.1 Å². The maximum atomic E-state index is 13.9. The van der Waals surface area contributed by atoms with Crippen LogP contribution in [-0.4, -0.2) is 25.9 Å². The minimum atomic E-state index is -4.07. The van der Waals surface area contributed by atoms with E-state index >= 15 is 0 Å². The normalized spacial score (nSPS) is 20.8. The summed E-state index contributed by atoms with van der Waals surface area (Å²) in [6.07, 6.45) is 2.05. The van der Waals surface area contributed by atoms with Gasteiger partial charge < -0.3 is 16.4 Å². The van der Waals surface area contributed by atoms with E-state index in [-0.39, 0.29) is 27.3 Å². The zero-order chi connectivity index (χ0) is 29.2. The molecule has 3 aliphatic rings. The number of hydrogen-bond acceptors (Lipinski definition) is 5. The number of rotatable bonds is 4. The van der Waals surface area contributed by atoms with Gasteiger partial charge in [-0.15, -0.1) is 4.40 Å². The van der Waals surface area contributed by atoms with Gasteiger partial charge in [-0.1, -0.05) is 57.5 Å². The lowest BCUT2D eigenvalue weighted by Crippen LogP contribution is -2.44. The number of allylic oxidation sites excluding steroid dienone is 4. The first-order valence-electron chi connectivity index (χ1n) is 13.4. The largest absolute Gasteiger partial charge is 0.369 e. The molecule has 2 aromatic carbocycles. The van der Waals surface area contributed by atoms with Crippen LogP contribution >= 0.6 is 0 Å². The van der Waals surface area contributed by atoms with Crippen LogP contribution in [0.25, 0.3) is 0 Å². The second-order valence-corrected chi connectivity index (χ2v) is 14.4. The highest BCUT2D eigenvalue weighted by atomic mass is 32.2. The van der Waals surface area contributed by atoms with E-state index in [0.29, 0.717) is 42.5 Å². The molecule has 9 heteroatoms. The number of carbonyl (C=O) groups is 2. The predicted molar refractivity (Wildman–Crippen MR) is 156 cm³/mol. The minimum absolute atomic E-state index is 0.0398. The third kappa shape index (κ3) is 4.98. The Kier molecular flexibility index (Phi) is 6.57. The number of anilines is 1. The highest BCUT2D eigenvalue weighted by molar-refractivity contribution is 7.90. The van der Waals surface area contributed by atoms with Crippen LogP contribution in [0.5, 0.6) is 0 Å². The van der Waals surface area contributed by atoms with Gasteiger partial charge in [0.2, 0.25) is 5.96 Å². The summed E-state index contributed by atoms with van der Waals surface area (Å²) in [4.78, 5) is 29.9. The second kappa shape index (κ2) is 9.44. The van der Waals surface area contributed by atoms with Gasteiger partial charge in [0, 0.05) is 47.0 Å². The summed E-state index contributed by atoms with van der Waals surface area (Å²) in [7, 11) is -4.07. The van der Waals surface area contributed by atoms with Crippen molar-refractivity contribution in [3.05, 3.63) is 82.2 Å². The van der Waals surface area contributed by atoms with Crippen LogP contribution in [0.1, 0.15) is 70.4 Å². The smallest absolute Gasteiger partial charge is 0.285 e. The molecule has 0 saturated carbocycles. The molecule has 0 spiro atoms. The van der Waals surface area contributed by atoms with Crippen LogP contribution in [0.4, 0.5) is 5.69 Å². The van der Waals surface area contributed by atoms with Gasteiger partial charge in [0.1, 0.15) is 0 Å². The molecule has 0 saturated heterocycles. The average Bonchev–Trinajstić information content (AvgIpc) is 2.81. The number of aryl methyl sites for hydroxylation is 1. The molecule has 0 fully saturated rings. The van der Waals surface area contributed by atoms with Crippen molar-refractivity contribution in [2.24, 2.45) is 26.7 Å². The Bertz CT molecular complexity index is 1550. The zero-order valence-electron chi connectivity index (χ0n) is 23.6. The molecule has 8 nitrogen and oxygen atoms in total. The Labute approximate surface area is 235 Å². The Morgan fingerprint density at radius 2 is 1.27 bits per heavy atom. The van der Waals surface area contributed by atoms with Gasteiger partial charge in [-0.3, -0.25) is 9.59 Å². The molecule has 1 heterocycles. The zero-order valence-corrected chi connectivity index (χ0v) is 24.4. The summed E-state index contributed by atoms with van der Waals surface area (Å²) in [5, 5.41) is 0. The molecule has 2 aliphatic carbocycles. The number of benzene rings is 2. The molecule has 4 N–H and O–H groups in total. The first-order valence-corrected chi connectivity index (χ1v) is 14.9. The van der Waals surface area contributed by atoms with Crippen molar-refractivity contribution < 1.29 is 18.0 Å². The van der Waals surface area contributed by atoms with E-state index < -0.39 is 21.9 Å². The van der Waals surface area contributed by atoms with E-state index in [1.807, 2.05) is 36.1 Å². The van der Waals surface area contributed by atoms with Gasteiger partial charge >= 0.3 is 0 Å². The number of sulfonamides is 1. The Morgan fingerprint density at radius 1 is 0.800 bits per heavy atom. The van der Waals surface area contributed by atoms with Crippen molar-refractivity contribution >= 4 is 33.2 Å². The number of nitrogens with two attached hydrogens (primary N) is 2. The number of nitrogens with zero attached hydrogens (tertiary/aromatic N) is 2. The molecular weight excluding hydrogens is 524 g/mol. The fourth-order valence-electron chi connectivity index (χ4n) is 6.33. The van der Waals surface area contributed by atoms with Crippen LogP contribution < -0.4 is 16.4 Å². The van der Waals surface area contributed by atoms with E-state index in [4.69, 9.17) is 11.5 Å². The molecule has 40 heavy (non-hydrogen) atoms. The van der Waals surface area contributed by atoms with E-state index in [1.165, 1.54) is 12.1 Å². The lowest BCUT2D eigenvalue weighted by Gasteiger charge is -2.49. The molecule has 0 aromatic heterocycles. The first kappa shape index (κ1) is 27.8. The highest BCUT2D eigenvalue weighted by Gasteiger charge is 2.49. The lowest BCUT2D eigenvalue weighted by molar-refractivity contribution is -0.119. The van der Waals surface area contributed by atoms with Crippen LogP contribution in [0.3, 0.4) is 0 Å². The van der Waals surface area contributed by atoms with Crippen LogP contribution in [0, 0.1) is 17.8 Å². The fourth-order valence-corrected chi connectivity index (χ4v) is 7.19. The second-order valence-electron chi connectivity index (χ2n) is 12.8. The standard InChI is InChI=1S/C31H36N4O4S/c1-18-6-8-19(9-7-18)26-27-22(14-30(2,3)16-24(27)36)35(23-15-31(4,5)17-25(37)28(23)26)20-10-12-21(13-11-20)40(38,39)34-29(32)33/h6-13,26H,14-17H2,1-5H3,(H4,32,33,34). The van der Waals surface area contributed by atoms with Crippen molar-refractivity contribution in [1.29, 1.82) is 0 Å². The van der Waals surface area contributed by atoms with Crippen molar-refractivity contribution in [3.63, 3.8) is 0 Å². The van der Waals surface area contributed by atoms with Crippen molar-refractivity contribution in [2.75, 3.05) is 4.90 Å². The van der Waals surface area contributed by atoms with Crippen LogP contribution in [0.15, 0.2) is 80.4 Å². The molecule has 210 valence electrons. The van der Waals surface area contributed by atoms with Gasteiger partial charge in [0.25, 0.3) is 10.0 Å². The summed E-state index contributed by atoms with van der Waals surface area (Å²) in [5.74, 6) is -0.899. The maximum Gasteiger partial charge on any atom is 0.285 e. The van der Waals surface area contributed by atoms with Crippen LogP contribution in [0.2, 0.25) is 0 Å². The summed E-state index contributed by atoms with van der Waals surface area (Å²) in [6, 6.07) is 14.4. The van der Waals surface area contributed by atoms with E-state index in [9.17, 15) is 18.0 Å². The third-order valence-electron chi connectivity index (χ3n) is 7.94. The molecule has 1 aliphatic heterocycles. The van der Waals surface area contributed by atoms with Gasteiger partial charge in [-0.2, -0.15) is 8.42 Å². The Hall–Kier alpha value is -3.72. The fraction of sp³-hybridized carbons (Fsp3) is 0.387. The number of ketones is 2. The summed E-state index contributed by atoms with van der Waals surface area (Å²) < 4.78 is 28.6. The first-order chi connectivity index (χ1) is 18.6. The molecule has 5 rings (SSSR count). The quantitative estimate of drug-likeness (QED) is 0.403. The number of guanidine groups is 1. The van der Waals surface area contributed by atoms with Gasteiger partial charge in [0.15, 0.2) is 11.6 Å². The van der Waals surface area contributed by atoms with Gasteiger partial charge in [-0.25, -0.2) is 0 Å². The van der Waals surface area contributed by atoms with Crippen molar-refractivity contribution in [1.82, 2.24) is 0 Å². The van der Waals surface area contributed by atoms with Gasteiger partial charge in [-0.05, 0) is 60.4 Å². The van der Waals surface area contributed by atoms with Crippen molar-refractivity contribution in [3.8, 4) is 0 Å². The lowest BCUT2D eigenvalue weighted by atomic mass is 9.63. The summed E-state index contributed by atoms with van der Waals surface area (Å²) in [6.45, 7) is 10.3. The van der Waals surface area contributed by atoms with Gasteiger partial charge in [0.05, 0.1) is 4.90 Å². The predicted octanol–water partition coefficient (Wildman–Crippen LogP) is 4.85. The molecule has 0 bridgehead atoms. The molecule has 2 aromatic rings. The summed E-state index contributed by atoms with van der Waals surface area (Å²) in [5.41, 5.74) is 15.9. The number of carbonyl (C=O) groups excluding carboxylic acids is 2. The Balaban J connectivity index is 1.77. The molecule has 0 atom stereocenters. The number of Topliss-reactive ketones (excluding diaryl/α,β-unsaturated/α-hetero) is 2. The van der Waals surface area contributed by atoms with E-state index in [0.717, 1.165) is 22.5 Å². The average molecular weight is 561 g/mol. The molecular formula is C31H36N4O4S. The van der Waals surface area contributed by atoms with E-state index in [1.54, 1.807) is 12.1 Å².